The highest BCUT2D eigenvalue weighted by atomic mass is 127. The highest BCUT2D eigenvalue weighted by Crippen LogP contribution is 2.05. The van der Waals surface area contributed by atoms with Crippen molar-refractivity contribution in [1.82, 2.24) is 5.48 Å². The maximum atomic E-state index is 10.4. The molecule has 0 amide bonds. The first-order chi connectivity index (χ1) is 4.20. The normalized spacial score (nSPS) is 29.1. The molecule has 1 aliphatic rings. The summed E-state index contributed by atoms with van der Waals surface area (Å²) in [6.07, 6.45) is 0. The van der Waals surface area contributed by atoms with E-state index in [1.807, 2.05) is 6.92 Å². The lowest BCUT2D eigenvalue weighted by atomic mass is 10.5. The van der Waals surface area contributed by atoms with Crippen LogP contribution in [0.4, 0.5) is 0 Å². The molecule has 0 radical (unpaired) electrons. The number of nitrogens with zero attached hydrogens (tertiary/aromatic N) is 1. The molecule has 0 aromatic carbocycles. The molecule has 0 spiro atoms. The minimum atomic E-state index is -1.50. The summed E-state index contributed by atoms with van der Waals surface area (Å²) < 4.78 is 18.7. The molecule has 4 nitrogen and oxygen atoms in total. The molecular formula is C3H5IN2O2S. The van der Waals surface area contributed by atoms with Gasteiger partial charge in [-0.2, -0.15) is 4.28 Å². The molecule has 2 atom stereocenters. The van der Waals surface area contributed by atoms with E-state index in [1.54, 1.807) is 0 Å². The van der Waals surface area contributed by atoms with E-state index in [2.05, 4.69) is 36.8 Å². The first-order valence-electron chi connectivity index (χ1n) is 2.28. The van der Waals surface area contributed by atoms with Crippen molar-refractivity contribution < 1.29 is 8.49 Å². The van der Waals surface area contributed by atoms with Gasteiger partial charge in [0.1, 0.15) is 0 Å². The van der Waals surface area contributed by atoms with E-state index < -0.39 is 11.3 Å². The molecule has 9 heavy (non-hydrogen) atoms. The topological polar surface area (TPSA) is 50.7 Å². The van der Waals surface area contributed by atoms with Gasteiger partial charge in [-0.05, 0) is 6.92 Å². The Labute approximate surface area is 69.0 Å². The number of hydrogen-bond donors (Lipinski definition) is 1. The van der Waals surface area contributed by atoms with Gasteiger partial charge in [-0.25, -0.2) is 9.69 Å². The van der Waals surface area contributed by atoms with Crippen LogP contribution in [0.2, 0.25) is 0 Å². The summed E-state index contributed by atoms with van der Waals surface area (Å²) in [5, 5.41) is 0. The lowest BCUT2D eigenvalue weighted by Gasteiger charge is -1.97. The van der Waals surface area contributed by atoms with Gasteiger partial charge in [0, 0.05) is 0 Å². The number of halogens is 1. The van der Waals surface area contributed by atoms with Crippen LogP contribution >= 0.6 is 22.6 Å². The second-order valence-corrected chi connectivity index (χ2v) is 4.15. The maximum absolute atomic E-state index is 10.4. The standard InChI is InChI=1S/C3H5IN2O2S/c1-2(4)3-5-8-9(7)6-3/h2H,1H3,(H,5,6). The van der Waals surface area contributed by atoms with E-state index in [1.165, 1.54) is 0 Å². The summed E-state index contributed by atoms with van der Waals surface area (Å²) in [5.74, 6) is 0.633. The summed E-state index contributed by atoms with van der Waals surface area (Å²) in [5.41, 5.74) is 2.45. The van der Waals surface area contributed by atoms with Crippen molar-refractivity contribution >= 4 is 39.7 Å². The second-order valence-electron chi connectivity index (χ2n) is 1.50. The Hall–Kier alpha value is 0.310. The molecule has 0 aliphatic carbocycles. The third-order valence-electron chi connectivity index (χ3n) is 0.767. The van der Waals surface area contributed by atoms with E-state index in [9.17, 15) is 4.21 Å². The predicted molar refractivity (Wildman–Crippen MR) is 43.3 cm³/mol. The Morgan fingerprint density at radius 1 is 2.00 bits per heavy atom. The van der Waals surface area contributed by atoms with Crippen molar-refractivity contribution in [3.8, 4) is 0 Å². The van der Waals surface area contributed by atoms with Crippen molar-refractivity contribution in [3.63, 3.8) is 0 Å². The smallest absolute Gasteiger partial charge is 0.234 e. The number of amidine groups is 1. The maximum Gasteiger partial charge on any atom is 0.309 e. The Kier molecular flexibility index (Phi) is 2.42. The molecule has 6 heteroatoms. The number of hydrogen-bond acceptors (Lipinski definition) is 3. The minimum Gasteiger partial charge on any atom is -0.234 e. The van der Waals surface area contributed by atoms with Gasteiger partial charge in [-0.3, -0.25) is 0 Å². The molecule has 0 fully saturated rings. The van der Waals surface area contributed by atoms with Crippen molar-refractivity contribution in [3.05, 3.63) is 0 Å². The Morgan fingerprint density at radius 2 is 2.67 bits per heavy atom. The van der Waals surface area contributed by atoms with Crippen LogP contribution in [-0.4, -0.2) is 14.0 Å². The van der Waals surface area contributed by atoms with Gasteiger partial charge in [0.05, 0.1) is 3.92 Å². The van der Waals surface area contributed by atoms with Crippen LogP contribution in [0.5, 0.6) is 0 Å². The quantitative estimate of drug-likeness (QED) is 0.545. The number of hydroxylamine groups is 1. The number of alkyl halides is 1. The Morgan fingerprint density at radius 3 is 2.89 bits per heavy atom. The van der Waals surface area contributed by atoms with Crippen molar-refractivity contribution in [2.24, 2.45) is 4.40 Å². The fourth-order valence-corrected chi connectivity index (χ4v) is 1.36. The zero-order valence-electron chi connectivity index (χ0n) is 4.63. The zero-order valence-corrected chi connectivity index (χ0v) is 7.60. The van der Waals surface area contributed by atoms with E-state index in [4.69, 9.17) is 0 Å². The fraction of sp³-hybridized carbons (Fsp3) is 0.667. The lowest BCUT2D eigenvalue weighted by Crippen LogP contribution is -2.23. The molecule has 0 saturated heterocycles. The van der Waals surface area contributed by atoms with E-state index >= 15 is 0 Å². The monoisotopic (exact) mass is 260 g/mol. The largest absolute Gasteiger partial charge is 0.309 e. The highest BCUT2D eigenvalue weighted by molar-refractivity contribution is 14.1. The molecule has 0 saturated carbocycles. The Bertz CT molecular complexity index is 169. The molecule has 52 valence electrons. The van der Waals surface area contributed by atoms with Gasteiger partial charge in [0.25, 0.3) is 0 Å². The van der Waals surface area contributed by atoms with E-state index in [0.29, 0.717) is 5.84 Å². The van der Waals surface area contributed by atoms with E-state index in [0.717, 1.165) is 0 Å². The molecular weight excluding hydrogens is 255 g/mol. The summed E-state index contributed by atoms with van der Waals surface area (Å²) in [7, 11) is 0. The van der Waals surface area contributed by atoms with Crippen LogP contribution in [-0.2, 0) is 15.6 Å². The average Bonchev–Trinajstić information content (AvgIpc) is 2.14. The third-order valence-corrected chi connectivity index (χ3v) is 1.93. The van der Waals surface area contributed by atoms with Crippen LogP contribution in [0.15, 0.2) is 4.40 Å². The summed E-state index contributed by atoms with van der Waals surface area (Å²) in [6, 6.07) is 0. The van der Waals surface area contributed by atoms with Crippen LogP contribution in [0.1, 0.15) is 6.92 Å². The third kappa shape index (κ3) is 1.87. The van der Waals surface area contributed by atoms with Crippen LogP contribution < -0.4 is 5.48 Å². The van der Waals surface area contributed by atoms with Crippen LogP contribution in [0.25, 0.3) is 0 Å². The summed E-state index contributed by atoms with van der Waals surface area (Å²) in [6.45, 7) is 1.93. The van der Waals surface area contributed by atoms with Gasteiger partial charge in [-0.15, -0.1) is 4.40 Å². The number of nitrogens with one attached hydrogen (secondary N) is 1. The molecule has 1 rings (SSSR count). The molecule has 1 N–H and O–H groups in total. The average molecular weight is 260 g/mol. The second kappa shape index (κ2) is 2.93. The molecule has 2 unspecified atom stereocenters. The van der Waals surface area contributed by atoms with Gasteiger partial charge < -0.3 is 0 Å². The first kappa shape index (κ1) is 7.42. The van der Waals surface area contributed by atoms with Gasteiger partial charge in [-0.1, -0.05) is 22.6 Å². The van der Waals surface area contributed by atoms with Gasteiger partial charge in [0.15, 0.2) is 5.84 Å². The van der Waals surface area contributed by atoms with Crippen LogP contribution in [0, 0.1) is 0 Å². The van der Waals surface area contributed by atoms with Crippen LogP contribution in [0.3, 0.4) is 0 Å². The van der Waals surface area contributed by atoms with Crippen molar-refractivity contribution in [2.45, 2.75) is 10.8 Å². The predicted octanol–water partition coefficient (Wildman–Crippen LogP) is 0.322. The van der Waals surface area contributed by atoms with E-state index in [-0.39, 0.29) is 3.92 Å². The molecule has 1 heterocycles. The molecule has 0 aromatic rings. The van der Waals surface area contributed by atoms with Gasteiger partial charge in [0.2, 0.25) is 0 Å². The summed E-state index contributed by atoms with van der Waals surface area (Å²) in [4.78, 5) is 0. The first-order valence-corrected chi connectivity index (χ1v) is 4.56. The summed E-state index contributed by atoms with van der Waals surface area (Å²) >= 11 is 0.645. The zero-order chi connectivity index (χ0) is 6.85. The molecule has 0 bridgehead atoms. The van der Waals surface area contributed by atoms with Gasteiger partial charge >= 0.3 is 11.3 Å². The molecule has 0 aromatic heterocycles. The van der Waals surface area contributed by atoms with Crippen molar-refractivity contribution in [1.29, 1.82) is 0 Å². The number of rotatable bonds is 1. The lowest BCUT2D eigenvalue weighted by molar-refractivity contribution is 0.304. The molecule has 1 aliphatic heterocycles. The highest BCUT2D eigenvalue weighted by Gasteiger charge is 2.16. The fourth-order valence-electron chi connectivity index (χ4n) is 0.350. The van der Waals surface area contributed by atoms with Crippen molar-refractivity contribution in [2.75, 3.05) is 0 Å². The Balaban J connectivity index is 2.62. The SMILES string of the molecule is CC(I)C1=NS(=O)ON1. The minimum absolute atomic E-state index is 0.217.